The fourth-order valence-corrected chi connectivity index (χ4v) is 2.91. The zero-order valence-electron chi connectivity index (χ0n) is 14.7. The number of aromatic nitrogens is 2. The number of amides is 1. The van der Waals surface area contributed by atoms with Gasteiger partial charge in [0.2, 0.25) is 0 Å². The van der Waals surface area contributed by atoms with E-state index in [0.717, 1.165) is 27.0 Å². The molecule has 26 heavy (non-hydrogen) atoms. The van der Waals surface area contributed by atoms with Gasteiger partial charge in [0.25, 0.3) is 0 Å². The Morgan fingerprint density at radius 3 is 2.54 bits per heavy atom. The Balaban J connectivity index is 1.61. The van der Waals surface area contributed by atoms with Gasteiger partial charge in [-0.05, 0) is 53.0 Å². The normalized spacial score (nSPS) is 10.6. The minimum absolute atomic E-state index is 0.242. The van der Waals surface area contributed by atoms with Crippen molar-refractivity contribution in [1.82, 2.24) is 9.78 Å². The summed E-state index contributed by atoms with van der Waals surface area (Å²) in [4.78, 5) is 12.0. The molecule has 1 heterocycles. The number of anilines is 1. The lowest BCUT2D eigenvalue weighted by Crippen LogP contribution is -2.14. The van der Waals surface area contributed by atoms with Gasteiger partial charge in [-0.3, -0.25) is 10.00 Å². The number of ether oxygens (including phenoxy) is 1. The molecule has 1 aromatic heterocycles. The van der Waals surface area contributed by atoms with Crippen LogP contribution in [0.3, 0.4) is 0 Å². The second-order valence-corrected chi connectivity index (χ2v) is 6.82. The molecule has 6 heteroatoms. The summed E-state index contributed by atoms with van der Waals surface area (Å²) >= 11 is 3.54. The minimum atomic E-state index is -0.472. The van der Waals surface area contributed by atoms with Gasteiger partial charge in [-0.1, -0.05) is 42.5 Å². The summed E-state index contributed by atoms with van der Waals surface area (Å²) in [5.41, 5.74) is 4.72. The Bertz CT molecular complexity index is 907. The van der Waals surface area contributed by atoms with Crippen LogP contribution in [0.5, 0.6) is 0 Å². The molecule has 0 unspecified atom stereocenters. The van der Waals surface area contributed by atoms with Gasteiger partial charge in [-0.2, -0.15) is 5.10 Å². The predicted octanol–water partition coefficient (Wildman–Crippen LogP) is 5.06. The third-order valence-electron chi connectivity index (χ3n) is 4.01. The largest absolute Gasteiger partial charge is 0.444 e. The van der Waals surface area contributed by atoms with E-state index in [0.29, 0.717) is 12.2 Å². The number of nitrogens with zero attached hydrogens (tertiary/aromatic N) is 2. The lowest BCUT2D eigenvalue weighted by atomic mass is 10.2. The molecule has 1 N–H and O–H groups in total. The van der Waals surface area contributed by atoms with E-state index in [9.17, 15) is 4.79 Å². The standard InChI is InChI=1S/C20H20BrN3O2/c1-14-19(21)15(2)24(23-14)12-17-9-6-10-18(11-17)22-20(25)26-13-16-7-4-3-5-8-16/h3-11H,12-13H2,1-2H3,(H,22,25). The van der Waals surface area contributed by atoms with Crippen LogP contribution in [0.2, 0.25) is 0 Å². The van der Waals surface area contributed by atoms with Crippen molar-refractivity contribution in [3.05, 3.63) is 81.6 Å². The molecule has 1 amide bonds. The van der Waals surface area contributed by atoms with Gasteiger partial charge in [-0.25, -0.2) is 4.79 Å². The highest BCUT2D eigenvalue weighted by atomic mass is 79.9. The first-order valence-electron chi connectivity index (χ1n) is 8.29. The monoisotopic (exact) mass is 413 g/mol. The van der Waals surface area contributed by atoms with Crippen LogP contribution in [0.1, 0.15) is 22.5 Å². The Morgan fingerprint density at radius 2 is 1.85 bits per heavy atom. The van der Waals surface area contributed by atoms with Crippen molar-refractivity contribution in [1.29, 1.82) is 0 Å². The summed E-state index contributed by atoms with van der Waals surface area (Å²) in [6, 6.07) is 17.3. The van der Waals surface area contributed by atoms with Crippen LogP contribution in [-0.2, 0) is 17.9 Å². The number of hydrogen-bond acceptors (Lipinski definition) is 3. The molecule has 2 aromatic carbocycles. The molecule has 0 saturated carbocycles. The van der Waals surface area contributed by atoms with Crippen LogP contribution in [0.4, 0.5) is 10.5 Å². The molecule has 3 rings (SSSR count). The van der Waals surface area contributed by atoms with Gasteiger partial charge in [0.15, 0.2) is 0 Å². The van der Waals surface area contributed by atoms with E-state index in [1.54, 1.807) is 0 Å². The van der Waals surface area contributed by atoms with Gasteiger partial charge >= 0.3 is 6.09 Å². The maximum absolute atomic E-state index is 12.0. The third-order valence-corrected chi connectivity index (χ3v) is 5.16. The molecule has 0 aliphatic heterocycles. The number of rotatable bonds is 5. The van der Waals surface area contributed by atoms with E-state index in [-0.39, 0.29) is 6.61 Å². The van der Waals surface area contributed by atoms with E-state index in [1.807, 2.05) is 73.1 Å². The molecule has 0 spiro atoms. The third kappa shape index (κ3) is 4.52. The van der Waals surface area contributed by atoms with Crippen LogP contribution in [0, 0.1) is 13.8 Å². The second kappa shape index (κ2) is 8.19. The average molecular weight is 414 g/mol. The van der Waals surface area contributed by atoms with Crippen molar-refractivity contribution in [2.45, 2.75) is 27.0 Å². The quantitative estimate of drug-likeness (QED) is 0.635. The van der Waals surface area contributed by atoms with Crippen LogP contribution >= 0.6 is 15.9 Å². The summed E-state index contributed by atoms with van der Waals surface area (Å²) < 4.78 is 8.22. The number of nitrogens with one attached hydrogen (secondary N) is 1. The summed E-state index contributed by atoms with van der Waals surface area (Å²) in [6.07, 6.45) is -0.472. The number of carbonyl (C=O) groups excluding carboxylic acids is 1. The number of aryl methyl sites for hydroxylation is 1. The molecule has 0 aliphatic carbocycles. The molecule has 0 radical (unpaired) electrons. The Kier molecular flexibility index (Phi) is 5.73. The fraction of sp³-hybridized carbons (Fsp3) is 0.200. The van der Waals surface area contributed by atoms with Crippen molar-refractivity contribution in [2.24, 2.45) is 0 Å². The molecule has 0 fully saturated rings. The Morgan fingerprint density at radius 1 is 1.12 bits per heavy atom. The van der Waals surface area contributed by atoms with Gasteiger partial charge in [-0.15, -0.1) is 0 Å². The summed E-state index contributed by atoms with van der Waals surface area (Å²) in [6.45, 7) is 4.86. The molecule has 134 valence electrons. The zero-order valence-corrected chi connectivity index (χ0v) is 16.3. The predicted molar refractivity (Wildman–Crippen MR) is 105 cm³/mol. The number of halogens is 1. The van der Waals surface area contributed by atoms with Crippen molar-refractivity contribution >= 4 is 27.7 Å². The molecule has 0 bridgehead atoms. The van der Waals surface area contributed by atoms with Gasteiger partial charge in [0.05, 0.1) is 22.4 Å². The van der Waals surface area contributed by atoms with E-state index in [2.05, 4.69) is 26.3 Å². The maximum Gasteiger partial charge on any atom is 0.411 e. The van der Waals surface area contributed by atoms with Crippen LogP contribution in [-0.4, -0.2) is 15.9 Å². The lowest BCUT2D eigenvalue weighted by Gasteiger charge is -2.09. The second-order valence-electron chi connectivity index (χ2n) is 6.03. The number of hydrogen-bond donors (Lipinski definition) is 1. The highest BCUT2D eigenvalue weighted by molar-refractivity contribution is 9.10. The number of carbonyl (C=O) groups is 1. The Labute approximate surface area is 161 Å². The Hall–Kier alpha value is -2.60. The van der Waals surface area contributed by atoms with E-state index < -0.39 is 6.09 Å². The first kappa shape index (κ1) is 18.2. The molecule has 3 aromatic rings. The van der Waals surface area contributed by atoms with Gasteiger partial charge in [0, 0.05) is 5.69 Å². The minimum Gasteiger partial charge on any atom is -0.444 e. The molecule has 0 saturated heterocycles. The van der Waals surface area contributed by atoms with E-state index in [4.69, 9.17) is 4.74 Å². The van der Waals surface area contributed by atoms with Gasteiger partial charge in [0.1, 0.15) is 6.61 Å². The smallest absolute Gasteiger partial charge is 0.411 e. The molecule has 0 aliphatic rings. The van der Waals surface area contributed by atoms with Crippen molar-refractivity contribution in [3.8, 4) is 0 Å². The van der Waals surface area contributed by atoms with Crippen molar-refractivity contribution < 1.29 is 9.53 Å². The maximum atomic E-state index is 12.0. The van der Waals surface area contributed by atoms with Gasteiger partial charge < -0.3 is 4.74 Å². The first-order chi connectivity index (χ1) is 12.5. The molecular formula is C20H20BrN3O2. The van der Waals surface area contributed by atoms with Crippen LogP contribution < -0.4 is 5.32 Å². The highest BCUT2D eigenvalue weighted by Crippen LogP contribution is 2.21. The van der Waals surface area contributed by atoms with Crippen molar-refractivity contribution in [3.63, 3.8) is 0 Å². The fourth-order valence-electron chi connectivity index (χ4n) is 2.63. The first-order valence-corrected chi connectivity index (χ1v) is 9.08. The van der Waals surface area contributed by atoms with E-state index >= 15 is 0 Å². The average Bonchev–Trinajstić information content (AvgIpc) is 2.88. The van der Waals surface area contributed by atoms with Crippen LogP contribution in [0.25, 0.3) is 0 Å². The SMILES string of the molecule is Cc1nn(Cc2cccc(NC(=O)OCc3ccccc3)c2)c(C)c1Br. The summed E-state index contributed by atoms with van der Waals surface area (Å²) in [5, 5.41) is 7.29. The number of benzene rings is 2. The topological polar surface area (TPSA) is 56.2 Å². The molecule has 0 atom stereocenters. The van der Waals surface area contributed by atoms with Crippen molar-refractivity contribution in [2.75, 3.05) is 5.32 Å². The molecular weight excluding hydrogens is 394 g/mol. The lowest BCUT2D eigenvalue weighted by molar-refractivity contribution is 0.155. The van der Waals surface area contributed by atoms with E-state index in [1.165, 1.54) is 0 Å². The summed E-state index contributed by atoms with van der Waals surface area (Å²) in [7, 11) is 0. The summed E-state index contributed by atoms with van der Waals surface area (Å²) in [5.74, 6) is 0. The zero-order chi connectivity index (χ0) is 18.5. The highest BCUT2D eigenvalue weighted by Gasteiger charge is 2.10. The molecule has 5 nitrogen and oxygen atoms in total. The van der Waals surface area contributed by atoms with Crippen LogP contribution in [0.15, 0.2) is 59.1 Å².